The average Bonchev–Trinajstić information content (AvgIpc) is 3.05. The lowest BCUT2D eigenvalue weighted by atomic mass is 9.85. The topological polar surface area (TPSA) is 73.2 Å². The third-order valence-corrected chi connectivity index (χ3v) is 5.73. The number of carbonyl (C=O) groups excluding carboxylic acids is 2. The third kappa shape index (κ3) is 3.25. The van der Waals surface area contributed by atoms with Crippen molar-refractivity contribution in [3.63, 3.8) is 0 Å². The fourth-order valence-electron chi connectivity index (χ4n) is 3.79. The van der Waals surface area contributed by atoms with Gasteiger partial charge in [0.05, 0.1) is 24.4 Å². The Morgan fingerprint density at radius 3 is 2.80 bits per heavy atom. The van der Waals surface area contributed by atoms with Crippen LogP contribution in [0.15, 0.2) is 36.4 Å². The van der Waals surface area contributed by atoms with Gasteiger partial charge in [0, 0.05) is 22.6 Å². The number of methoxy groups -OCH3 is 1. The number of anilines is 1. The molecule has 4 rings (SSSR count). The van der Waals surface area contributed by atoms with Crippen LogP contribution in [0.5, 0.6) is 5.75 Å². The van der Waals surface area contributed by atoms with Gasteiger partial charge in [-0.3, -0.25) is 9.59 Å². The molecule has 8 heteroatoms. The maximum absolute atomic E-state index is 13.8. The molecule has 1 aliphatic rings. The second-order valence-corrected chi connectivity index (χ2v) is 7.57. The highest BCUT2D eigenvalue weighted by Crippen LogP contribution is 2.39. The molecular weight excluding hydrogens is 409 g/mol. The van der Waals surface area contributed by atoms with Crippen LogP contribution >= 0.6 is 11.6 Å². The predicted molar refractivity (Wildman–Crippen MR) is 111 cm³/mol. The summed E-state index contributed by atoms with van der Waals surface area (Å²) in [4.78, 5) is 25.8. The van der Waals surface area contributed by atoms with Crippen molar-refractivity contribution in [3.05, 3.63) is 69.6 Å². The summed E-state index contributed by atoms with van der Waals surface area (Å²) < 4.78 is 20.4. The minimum Gasteiger partial charge on any atom is -0.494 e. The summed E-state index contributed by atoms with van der Waals surface area (Å²) in [5.41, 5.74) is 3.04. The number of nitrogens with zero attached hydrogens (tertiary/aromatic N) is 2. The van der Waals surface area contributed by atoms with Crippen LogP contribution < -0.4 is 10.1 Å². The first-order valence-corrected chi connectivity index (χ1v) is 9.72. The number of hydrogen-bond acceptors (Lipinski definition) is 4. The summed E-state index contributed by atoms with van der Waals surface area (Å²) in [5, 5.41) is 8.00. The minimum absolute atomic E-state index is 0.0212. The Labute approximate surface area is 177 Å². The average molecular weight is 428 g/mol. The number of rotatable bonds is 4. The highest BCUT2D eigenvalue weighted by atomic mass is 35.5. The van der Waals surface area contributed by atoms with Gasteiger partial charge in [0.1, 0.15) is 5.82 Å². The molecule has 30 heavy (non-hydrogen) atoms. The Morgan fingerprint density at radius 2 is 2.07 bits per heavy atom. The molecule has 2 heterocycles. The van der Waals surface area contributed by atoms with Crippen LogP contribution in [0.4, 0.5) is 10.2 Å². The third-order valence-electron chi connectivity index (χ3n) is 5.32. The monoisotopic (exact) mass is 427 g/mol. The first-order chi connectivity index (χ1) is 14.3. The van der Waals surface area contributed by atoms with Gasteiger partial charge in [0.25, 0.3) is 0 Å². The van der Waals surface area contributed by atoms with Crippen LogP contribution in [0.25, 0.3) is 5.69 Å². The number of fused-ring (bicyclic) bond motifs is 1. The fourth-order valence-corrected chi connectivity index (χ4v) is 3.95. The molecule has 0 saturated carbocycles. The van der Waals surface area contributed by atoms with E-state index in [4.69, 9.17) is 16.3 Å². The summed E-state index contributed by atoms with van der Waals surface area (Å²) in [6, 6.07) is 9.35. The Kier molecular flexibility index (Phi) is 5.07. The maximum atomic E-state index is 13.8. The van der Waals surface area contributed by atoms with Crippen LogP contribution in [0.1, 0.15) is 39.5 Å². The van der Waals surface area contributed by atoms with Gasteiger partial charge in [-0.15, -0.1) is 0 Å². The lowest BCUT2D eigenvalue weighted by Gasteiger charge is -2.23. The molecule has 6 nitrogen and oxygen atoms in total. The van der Waals surface area contributed by atoms with E-state index in [1.54, 1.807) is 23.7 Å². The van der Waals surface area contributed by atoms with E-state index in [2.05, 4.69) is 10.4 Å². The van der Waals surface area contributed by atoms with E-state index < -0.39 is 11.7 Å². The Bertz CT molecular complexity index is 1190. The minimum atomic E-state index is -0.739. The predicted octanol–water partition coefficient (Wildman–Crippen LogP) is 4.60. The number of halogens is 2. The van der Waals surface area contributed by atoms with Gasteiger partial charge in [0.15, 0.2) is 17.3 Å². The standard InChI is InChI=1S/C22H19ClFN3O3/c1-11-15(23)5-4-6-17(11)27-22-20(12(2)26-27)14(10-19(28)25-22)21(29)13-7-8-16(24)18(9-13)30-3/h4-9,14H,10H2,1-3H3,(H,25,28)/t14-/m0/s1. The number of hydrogen-bond donors (Lipinski definition) is 1. The number of ether oxygens (including phenoxy) is 1. The van der Waals surface area contributed by atoms with Crippen LogP contribution in [0, 0.1) is 19.7 Å². The molecule has 0 spiro atoms. The molecule has 1 aliphatic heterocycles. The molecule has 2 aromatic carbocycles. The molecule has 3 aromatic rings. The lowest BCUT2D eigenvalue weighted by molar-refractivity contribution is -0.116. The van der Waals surface area contributed by atoms with E-state index in [0.717, 1.165) is 5.56 Å². The van der Waals surface area contributed by atoms with Crippen molar-refractivity contribution in [2.24, 2.45) is 0 Å². The van der Waals surface area contributed by atoms with Gasteiger partial charge in [-0.1, -0.05) is 17.7 Å². The quantitative estimate of drug-likeness (QED) is 0.617. The van der Waals surface area contributed by atoms with Crippen LogP contribution in [-0.2, 0) is 4.79 Å². The molecule has 0 saturated heterocycles. The number of amides is 1. The van der Waals surface area contributed by atoms with Crippen molar-refractivity contribution in [3.8, 4) is 11.4 Å². The van der Waals surface area contributed by atoms with Crippen LogP contribution in [0.2, 0.25) is 5.02 Å². The Morgan fingerprint density at radius 1 is 1.30 bits per heavy atom. The van der Waals surface area contributed by atoms with Crippen molar-refractivity contribution in [1.29, 1.82) is 0 Å². The van der Waals surface area contributed by atoms with Crippen molar-refractivity contribution >= 4 is 29.1 Å². The fraction of sp³-hybridized carbons (Fsp3) is 0.227. The second kappa shape index (κ2) is 7.57. The second-order valence-electron chi connectivity index (χ2n) is 7.16. The van der Waals surface area contributed by atoms with Gasteiger partial charge in [-0.05, 0) is 49.7 Å². The molecule has 0 fully saturated rings. The first-order valence-electron chi connectivity index (χ1n) is 9.34. The Hall–Kier alpha value is -3.19. The van der Waals surface area contributed by atoms with Gasteiger partial charge < -0.3 is 10.1 Å². The zero-order valence-electron chi connectivity index (χ0n) is 16.6. The molecular formula is C22H19ClFN3O3. The highest BCUT2D eigenvalue weighted by molar-refractivity contribution is 6.31. The van der Waals surface area contributed by atoms with Crippen LogP contribution in [-0.4, -0.2) is 28.6 Å². The molecule has 154 valence electrons. The van der Waals surface area contributed by atoms with E-state index in [-0.39, 0.29) is 29.4 Å². The lowest BCUT2D eigenvalue weighted by Crippen LogP contribution is -2.28. The SMILES string of the molecule is COc1cc(C(=O)[C@H]2CC(=O)Nc3c2c(C)nn3-c2cccc(Cl)c2C)ccc1F. The zero-order valence-corrected chi connectivity index (χ0v) is 17.4. The largest absolute Gasteiger partial charge is 0.494 e. The zero-order chi connectivity index (χ0) is 21.6. The van der Waals surface area contributed by atoms with Gasteiger partial charge >= 0.3 is 0 Å². The number of nitrogens with one attached hydrogen (secondary N) is 1. The van der Waals surface area contributed by atoms with Crippen molar-refractivity contribution < 1.29 is 18.7 Å². The number of carbonyl (C=O) groups is 2. The molecule has 1 amide bonds. The number of aromatic nitrogens is 2. The number of benzene rings is 2. The van der Waals surface area contributed by atoms with Gasteiger partial charge in [-0.2, -0.15) is 5.10 Å². The van der Waals surface area contributed by atoms with E-state index in [1.807, 2.05) is 13.0 Å². The van der Waals surface area contributed by atoms with Crippen molar-refractivity contribution in [2.45, 2.75) is 26.2 Å². The maximum Gasteiger partial charge on any atom is 0.226 e. The van der Waals surface area contributed by atoms with Crippen molar-refractivity contribution in [2.75, 3.05) is 12.4 Å². The summed E-state index contributed by atoms with van der Waals surface area (Å²) >= 11 is 6.26. The molecule has 0 radical (unpaired) electrons. The highest BCUT2D eigenvalue weighted by Gasteiger charge is 2.36. The van der Waals surface area contributed by atoms with E-state index >= 15 is 0 Å². The smallest absolute Gasteiger partial charge is 0.226 e. The van der Waals surface area contributed by atoms with Gasteiger partial charge in [0.2, 0.25) is 5.91 Å². The van der Waals surface area contributed by atoms with Crippen molar-refractivity contribution in [1.82, 2.24) is 9.78 Å². The number of aryl methyl sites for hydroxylation is 1. The molecule has 1 aromatic heterocycles. The number of ketones is 1. The Balaban J connectivity index is 1.83. The molecule has 1 N–H and O–H groups in total. The molecule has 0 unspecified atom stereocenters. The number of Topliss-reactive ketones (excluding diaryl/α,β-unsaturated/α-hetero) is 1. The molecule has 1 atom stereocenters. The summed E-state index contributed by atoms with van der Waals surface area (Å²) in [6.45, 7) is 3.65. The molecule has 0 bridgehead atoms. The first kappa shape index (κ1) is 20.1. The van der Waals surface area contributed by atoms with E-state index in [1.165, 1.54) is 25.3 Å². The van der Waals surface area contributed by atoms with E-state index in [0.29, 0.717) is 27.8 Å². The summed E-state index contributed by atoms with van der Waals surface area (Å²) in [7, 11) is 1.33. The normalized spacial score (nSPS) is 15.5. The molecule has 0 aliphatic carbocycles. The van der Waals surface area contributed by atoms with Crippen LogP contribution in [0.3, 0.4) is 0 Å². The summed E-state index contributed by atoms with van der Waals surface area (Å²) in [6.07, 6.45) is -0.0212. The summed E-state index contributed by atoms with van der Waals surface area (Å²) in [5.74, 6) is -1.47. The van der Waals surface area contributed by atoms with E-state index in [9.17, 15) is 14.0 Å². The van der Waals surface area contributed by atoms with Gasteiger partial charge in [-0.25, -0.2) is 9.07 Å².